The second-order valence-corrected chi connectivity index (χ2v) is 19.9. The molecule has 0 heterocycles. The lowest BCUT2D eigenvalue weighted by Gasteiger charge is -2.25. The minimum absolute atomic E-state index is 0.100. The molecule has 0 bridgehead atoms. The van der Waals surface area contributed by atoms with Crippen LogP contribution in [0, 0.1) is 5.92 Å². The topological polar surface area (TPSA) is 258 Å². The fourth-order valence-electron chi connectivity index (χ4n) is 6.84. The summed E-state index contributed by atoms with van der Waals surface area (Å²) in [4.78, 5) is 81.3. The van der Waals surface area contributed by atoms with Crippen LogP contribution in [0.25, 0.3) is 0 Å². The van der Waals surface area contributed by atoms with Crippen molar-refractivity contribution in [2.45, 2.75) is 194 Å². The average Bonchev–Trinajstić information content (AvgIpc) is 3.29. The molecule has 0 aliphatic rings. The number of rotatable bonds is 49. The molecule has 0 spiro atoms. The minimum atomic E-state index is -4.29. The van der Waals surface area contributed by atoms with E-state index in [-0.39, 0.29) is 88.7 Å². The van der Waals surface area contributed by atoms with Crippen molar-refractivity contribution in [2.24, 2.45) is 5.92 Å². The predicted molar refractivity (Wildman–Crippen MR) is 268 cm³/mol. The van der Waals surface area contributed by atoms with E-state index in [2.05, 4.69) is 45.4 Å². The van der Waals surface area contributed by atoms with Gasteiger partial charge in [0.05, 0.1) is 45.1 Å². The van der Waals surface area contributed by atoms with Crippen LogP contribution in [0.2, 0.25) is 0 Å². The van der Waals surface area contributed by atoms with Crippen LogP contribution < -0.4 is 31.9 Å². The van der Waals surface area contributed by atoms with Crippen molar-refractivity contribution in [3.63, 3.8) is 0 Å². The van der Waals surface area contributed by atoms with Crippen LogP contribution in [0.4, 0.5) is 0 Å². The molecule has 1 unspecified atom stereocenters. The molecule has 0 aliphatic carbocycles. The highest BCUT2D eigenvalue weighted by Gasteiger charge is 2.22. The third kappa shape index (κ3) is 43.9. The molecular formula is C49H93N6O13P. The molecule has 7 N–H and O–H groups in total. The third-order valence-corrected chi connectivity index (χ3v) is 12.0. The van der Waals surface area contributed by atoms with Crippen LogP contribution in [-0.2, 0) is 56.6 Å². The van der Waals surface area contributed by atoms with Gasteiger partial charge in [-0.1, -0.05) is 124 Å². The first-order valence-electron chi connectivity index (χ1n) is 25.7. The Balaban J connectivity index is 3.81. The molecule has 0 aromatic carbocycles. The van der Waals surface area contributed by atoms with E-state index >= 15 is 0 Å². The molecule has 0 saturated carbocycles. The number of nitrogens with one attached hydrogen (secondary N) is 6. The molecule has 0 aromatic rings. The van der Waals surface area contributed by atoms with Gasteiger partial charge < -0.3 is 51.0 Å². The van der Waals surface area contributed by atoms with Gasteiger partial charge in [-0.25, -0.2) is 4.57 Å². The summed E-state index contributed by atoms with van der Waals surface area (Å²) in [5.41, 5.74) is -0.666. The van der Waals surface area contributed by atoms with Gasteiger partial charge in [0.25, 0.3) is 0 Å². The quantitative estimate of drug-likeness (QED) is 0.0109. The SMILES string of the molecule is C=C(NCCOP(=O)(O)OCCCOC(=O)CCCCCCCCCCCCCCCCC)OCCC(C)(C)OCC(=O)NCCCCCCNC(=O)CNC(=O)CNC(=O)[C@H](CC(C)C)NC=O. The van der Waals surface area contributed by atoms with Crippen LogP contribution >= 0.6 is 7.82 Å². The van der Waals surface area contributed by atoms with Gasteiger partial charge in [-0.2, -0.15) is 0 Å². The Morgan fingerprint density at radius 3 is 1.72 bits per heavy atom. The summed E-state index contributed by atoms with van der Waals surface area (Å²) in [7, 11) is -4.29. The lowest BCUT2D eigenvalue weighted by molar-refractivity contribution is -0.144. The molecule has 402 valence electrons. The molecule has 0 aromatic heterocycles. The first-order chi connectivity index (χ1) is 33.0. The summed E-state index contributed by atoms with van der Waals surface area (Å²) in [5.74, 6) is -1.46. The Morgan fingerprint density at radius 1 is 0.623 bits per heavy atom. The van der Waals surface area contributed by atoms with Crippen LogP contribution in [0.3, 0.4) is 0 Å². The number of carbonyl (C=O) groups excluding carboxylic acids is 6. The lowest BCUT2D eigenvalue weighted by Crippen LogP contribution is -2.48. The molecular weight excluding hydrogens is 912 g/mol. The highest BCUT2D eigenvalue weighted by atomic mass is 31.2. The van der Waals surface area contributed by atoms with E-state index in [4.69, 9.17) is 23.3 Å². The van der Waals surface area contributed by atoms with Gasteiger partial charge in [-0.3, -0.25) is 37.8 Å². The van der Waals surface area contributed by atoms with Gasteiger partial charge in [0, 0.05) is 38.9 Å². The van der Waals surface area contributed by atoms with Gasteiger partial charge in [-0.05, 0) is 52.0 Å². The largest absolute Gasteiger partial charge is 0.480 e. The molecule has 0 aliphatic heterocycles. The lowest BCUT2D eigenvalue weighted by atomic mass is 10.0. The van der Waals surface area contributed by atoms with Crippen molar-refractivity contribution >= 4 is 43.8 Å². The van der Waals surface area contributed by atoms with E-state index in [1.54, 1.807) is 0 Å². The number of hydrogen-bond acceptors (Lipinski definition) is 13. The molecule has 69 heavy (non-hydrogen) atoms. The number of ether oxygens (including phenoxy) is 3. The maximum Gasteiger partial charge on any atom is 0.472 e. The smallest absolute Gasteiger partial charge is 0.472 e. The van der Waals surface area contributed by atoms with E-state index in [1.165, 1.54) is 77.0 Å². The summed E-state index contributed by atoms with van der Waals surface area (Å²) in [6, 6.07) is -0.735. The van der Waals surface area contributed by atoms with Crippen molar-refractivity contribution < 1.29 is 61.5 Å². The summed E-state index contributed by atoms with van der Waals surface area (Å²) < 4.78 is 38.8. The maximum absolute atomic E-state index is 12.3. The second kappa shape index (κ2) is 43.1. The van der Waals surface area contributed by atoms with Gasteiger partial charge in [0.15, 0.2) is 5.88 Å². The van der Waals surface area contributed by atoms with Crippen LogP contribution in [0.1, 0.15) is 182 Å². The molecule has 5 amide bonds. The monoisotopic (exact) mass is 1000 g/mol. The number of hydrogen-bond donors (Lipinski definition) is 7. The fraction of sp³-hybridized carbons (Fsp3) is 0.837. The van der Waals surface area contributed by atoms with E-state index in [0.29, 0.717) is 38.8 Å². The van der Waals surface area contributed by atoms with E-state index in [9.17, 15) is 38.2 Å². The molecule has 0 radical (unpaired) electrons. The normalized spacial score (nSPS) is 12.6. The van der Waals surface area contributed by atoms with E-state index in [0.717, 1.165) is 44.9 Å². The van der Waals surface area contributed by atoms with Crippen molar-refractivity contribution in [3.05, 3.63) is 12.5 Å². The highest BCUT2D eigenvalue weighted by molar-refractivity contribution is 7.47. The van der Waals surface area contributed by atoms with Gasteiger partial charge in [0.2, 0.25) is 30.0 Å². The zero-order chi connectivity index (χ0) is 51.4. The Labute approximate surface area is 414 Å². The maximum atomic E-state index is 12.3. The van der Waals surface area contributed by atoms with Crippen molar-refractivity contribution in [2.75, 3.05) is 65.8 Å². The summed E-state index contributed by atoms with van der Waals surface area (Å²) in [5, 5.41) is 15.8. The Bertz CT molecular complexity index is 1450. The number of phosphoric acid groups is 1. The third-order valence-electron chi connectivity index (χ3n) is 11.0. The van der Waals surface area contributed by atoms with Crippen molar-refractivity contribution in [3.8, 4) is 0 Å². The van der Waals surface area contributed by atoms with Crippen molar-refractivity contribution in [1.29, 1.82) is 0 Å². The predicted octanol–water partition coefficient (Wildman–Crippen LogP) is 6.76. The Kier molecular flexibility index (Phi) is 40.7. The zero-order valence-corrected chi connectivity index (χ0v) is 44.0. The van der Waals surface area contributed by atoms with Gasteiger partial charge in [0.1, 0.15) is 12.6 Å². The number of esters is 1. The van der Waals surface area contributed by atoms with Gasteiger partial charge >= 0.3 is 13.8 Å². The van der Waals surface area contributed by atoms with Crippen LogP contribution in [-0.4, -0.2) is 118 Å². The molecule has 2 atom stereocenters. The van der Waals surface area contributed by atoms with Crippen molar-refractivity contribution in [1.82, 2.24) is 31.9 Å². The van der Waals surface area contributed by atoms with Crippen LogP contribution in [0.15, 0.2) is 12.5 Å². The first kappa shape index (κ1) is 65.2. The number of phosphoric ester groups is 1. The minimum Gasteiger partial charge on any atom is -0.480 e. The average molecular weight is 1010 g/mol. The molecule has 20 heteroatoms. The van der Waals surface area contributed by atoms with E-state index < -0.39 is 31.3 Å². The summed E-state index contributed by atoms with van der Waals surface area (Å²) in [6.45, 7) is 14.0. The first-order valence-corrected chi connectivity index (χ1v) is 27.2. The van der Waals surface area contributed by atoms with Crippen LogP contribution in [0.5, 0.6) is 0 Å². The molecule has 0 fully saturated rings. The fourth-order valence-corrected chi connectivity index (χ4v) is 7.60. The molecule has 0 saturated heterocycles. The second-order valence-electron chi connectivity index (χ2n) is 18.5. The number of carbonyl (C=O) groups is 6. The molecule has 0 rings (SSSR count). The summed E-state index contributed by atoms with van der Waals surface area (Å²) in [6.07, 6.45) is 24.0. The summed E-state index contributed by atoms with van der Waals surface area (Å²) >= 11 is 0. The Morgan fingerprint density at radius 2 is 1.14 bits per heavy atom. The number of amides is 5. The Hall–Kier alpha value is -3.77. The highest BCUT2D eigenvalue weighted by Crippen LogP contribution is 2.42. The molecule has 19 nitrogen and oxygen atoms in total. The zero-order valence-electron chi connectivity index (χ0n) is 43.1. The van der Waals surface area contributed by atoms with E-state index in [1.807, 2.05) is 27.7 Å². The van der Waals surface area contributed by atoms with Gasteiger partial charge in [-0.15, -0.1) is 0 Å². The standard InChI is InChI=1S/C49H93N6O13P/c1-7-8-9-10-11-12-13-14-15-16-17-18-19-20-23-27-47(60)65-32-26-33-67-69(62,63)68-35-31-50-42(4)64-34-28-49(5,6)66-39-46(59)52-30-25-22-21-24-29-51-44(57)37-53-45(58)38-54-48(61)43(55-40-56)36-41(2)3/h40-41,43,50H,4,7-39H2,1-3,5-6H3,(H,51,57)(H,52,59)(H,53,58)(H,54,61)(H,55,56)(H,62,63)/t43-/m0/s1. The number of unbranched alkanes of at least 4 members (excludes halogenated alkanes) is 17.